The van der Waals surface area contributed by atoms with Crippen LogP contribution in [0.5, 0.6) is 0 Å². The van der Waals surface area contributed by atoms with Crippen molar-refractivity contribution in [2.24, 2.45) is 11.8 Å². The molecule has 0 radical (unpaired) electrons. The predicted octanol–water partition coefficient (Wildman–Crippen LogP) is 2.08. The van der Waals surface area contributed by atoms with E-state index in [0.717, 1.165) is 24.0 Å². The number of para-hydroxylation sites is 1. The topological polar surface area (TPSA) is 68.8 Å². The van der Waals surface area contributed by atoms with Gasteiger partial charge in [-0.25, -0.2) is 0 Å². The molecule has 0 bridgehead atoms. The number of likely N-dealkylation sites (N-methyl/N-ethyl adjacent to an activating group) is 1. The van der Waals surface area contributed by atoms with Crippen molar-refractivity contribution >= 4 is 28.4 Å². The van der Waals surface area contributed by atoms with E-state index in [4.69, 9.17) is 16.3 Å². The van der Waals surface area contributed by atoms with Crippen LogP contribution in [-0.4, -0.2) is 79.3 Å². The standard InChI is InChI=1S/C19H26ClN3O3/c1-22(7-8-26-2)9-13-10-23(11-14(13)12-24)19(25)18-17(20)15-5-3-4-6-16(15)21-18/h3-6,13-14,21,24H,7-12H2,1-2H3/t13-,14-/m1/s1. The van der Waals surface area contributed by atoms with Gasteiger partial charge in [-0.15, -0.1) is 0 Å². The first-order valence-corrected chi connectivity index (χ1v) is 9.26. The molecule has 1 aliphatic heterocycles. The molecule has 6 nitrogen and oxygen atoms in total. The van der Waals surface area contributed by atoms with Gasteiger partial charge in [0.15, 0.2) is 0 Å². The number of aromatic amines is 1. The fourth-order valence-electron chi connectivity index (χ4n) is 3.67. The number of carbonyl (C=O) groups is 1. The van der Waals surface area contributed by atoms with E-state index in [1.54, 1.807) is 12.0 Å². The van der Waals surface area contributed by atoms with Crippen molar-refractivity contribution < 1.29 is 14.6 Å². The van der Waals surface area contributed by atoms with Crippen LogP contribution in [0.3, 0.4) is 0 Å². The van der Waals surface area contributed by atoms with Gasteiger partial charge in [-0.3, -0.25) is 4.79 Å². The summed E-state index contributed by atoms with van der Waals surface area (Å²) in [6.45, 7) is 3.55. The lowest BCUT2D eigenvalue weighted by Gasteiger charge is -2.23. The van der Waals surface area contributed by atoms with Crippen molar-refractivity contribution in [1.29, 1.82) is 0 Å². The minimum atomic E-state index is -0.105. The largest absolute Gasteiger partial charge is 0.396 e. The molecule has 2 N–H and O–H groups in total. The molecule has 0 unspecified atom stereocenters. The van der Waals surface area contributed by atoms with Gasteiger partial charge >= 0.3 is 0 Å². The summed E-state index contributed by atoms with van der Waals surface area (Å²) in [6, 6.07) is 7.62. The normalized spacial score (nSPS) is 20.4. The number of fused-ring (bicyclic) bond motifs is 1. The fourth-order valence-corrected chi connectivity index (χ4v) is 3.96. The summed E-state index contributed by atoms with van der Waals surface area (Å²) < 4.78 is 5.11. The molecular formula is C19H26ClN3O3. The number of rotatable bonds is 7. The number of aromatic nitrogens is 1. The maximum absolute atomic E-state index is 13.0. The molecule has 142 valence electrons. The molecule has 2 aromatic rings. The Kier molecular flexibility index (Phi) is 6.19. The van der Waals surface area contributed by atoms with Crippen molar-refractivity contribution in [3.8, 4) is 0 Å². The molecule has 7 heteroatoms. The molecule has 26 heavy (non-hydrogen) atoms. The van der Waals surface area contributed by atoms with E-state index in [2.05, 4.69) is 9.88 Å². The van der Waals surface area contributed by atoms with E-state index in [1.165, 1.54) is 0 Å². The lowest BCUT2D eigenvalue weighted by Crippen LogP contribution is -2.34. The van der Waals surface area contributed by atoms with E-state index < -0.39 is 0 Å². The summed E-state index contributed by atoms with van der Waals surface area (Å²) in [5.41, 5.74) is 1.28. The van der Waals surface area contributed by atoms with Crippen LogP contribution in [0.4, 0.5) is 0 Å². The molecule has 0 saturated carbocycles. The van der Waals surface area contributed by atoms with Crippen molar-refractivity contribution in [3.63, 3.8) is 0 Å². The number of benzene rings is 1. The lowest BCUT2D eigenvalue weighted by molar-refractivity contribution is 0.0774. The Balaban J connectivity index is 1.72. The minimum Gasteiger partial charge on any atom is -0.396 e. The molecule has 3 rings (SSSR count). The van der Waals surface area contributed by atoms with Crippen LogP contribution in [0.15, 0.2) is 24.3 Å². The first-order chi connectivity index (χ1) is 12.5. The average molecular weight is 380 g/mol. The number of H-pyrrole nitrogens is 1. The second kappa shape index (κ2) is 8.39. The van der Waals surface area contributed by atoms with E-state index in [1.807, 2.05) is 31.3 Å². The van der Waals surface area contributed by atoms with Crippen molar-refractivity contribution in [1.82, 2.24) is 14.8 Å². The van der Waals surface area contributed by atoms with Gasteiger partial charge in [0.1, 0.15) is 5.69 Å². The van der Waals surface area contributed by atoms with E-state index in [-0.39, 0.29) is 24.3 Å². The number of halogens is 1. The Morgan fingerprint density at radius 2 is 2.12 bits per heavy atom. The maximum Gasteiger partial charge on any atom is 0.271 e. The number of nitrogens with one attached hydrogen (secondary N) is 1. The van der Waals surface area contributed by atoms with Gasteiger partial charge in [-0.2, -0.15) is 0 Å². The summed E-state index contributed by atoms with van der Waals surface area (Å²) in [6.07, 6.45) is 0. The Morgan fingerprint density at radius 3 is 2.81 bits per heavy atom. The number of nitrogens with zero attached hydrogens (tertiary/aromatic N) is 2. The van der Waals surface area contributed by atoms with Crippen LogP contribution >= 0.6 is 11.6 Å². The Bertz CT molecular complexity index is 764. The zero-order chi connectivity index (χ0) is 18.7. The van der Waals surface area contributed by atoms with Gasteiger partial charge < -0.3 is 24.6 Å². The number of hydrogen-bond donors (Lipinski definition) is 2. The van der Waals surface area contributed by atoms with Gasteiger partial charge in [0.05, 0.1) is 11.6 Å². The molecule has 0 aliphatic carbocycles. The molecule has 1 fully saturated rings. The quantitative estimate of drug-likeness (QED) is 0.772. The number of hydrogen-bond acceptors (Lipinski definition) is 4. The summed E-state index contributed by atoms with van der Waals surface area (Å²) in [5.74, 6) is 0.202. The smallest absolute Gasteiger partial charge is 0.271 e. The van der Waals surface area contributed by atoms with E-state index in [9.17, 15) is 9.90 Å². The molecular weight excluding hydrogens is 354 g/mol. The molecule has 1 aromatic carbocycles. The number of carbonyl (C=O) groups excluding carboxylic acids is 1. The van der Waals surface area contributed by atoms with Crippen LogP contribution in [-0.2, 0) is 4.74 Å². The SMILES string of the molecule is COCCN(C)C[C@@H]1CN(C(=O)c2[nH]c3ccccc3c2Cl)C[C@@H]1CO. The molecule has 2 heterocycles. The Hall–Kier alpha value is -1.60. The van der Waals surface area contributed by atoms with Crippen LogP contribution in [0.25, 0.3) is 10.9 Å². The third kappa shape index (κ3) is 3.88. The summed E-state index contributed by atoms with van der Waals surface area (Å²) in [7, 11) is 3.72. The number of methoxy groups -OCH3 is 1. The highest BCUT2D eigenvalue weighted by Crippen LogP contribution is 2.31. The molecule has 0 spiro atoms. The zero-order valence-corrected chi connectivity index (χ0v) is 16.0. The first kappa shape index (κ1) is 19.2. The third-order valence-corrected chi connectivity index (χ3v) is 5.57. The van der Waals surface area contributed by atoms with E-state index >= 15 is 0 Å². The molecule has 1 aromatic heterocycles. The van der Waals surface area contributed by atoms with Gasteiger partial charge in [0.2, 0.25) is 0 Å². The van der Waals surface area contributed by atoms with Crippen LogP contribution < -0.4 is 0 Å². The van der Waals surface area contributed by atoms with Gasteiger partial charge in [-0.05, 0) is 19.0 Å². The minimum absolute atomic E-state index is 0.0760. The van der Waals surface area contributed by atoms with Gasteiger partial charge in [-0.1, -0.05) is 29.8 Å². The second-order valence-electron chi connectivity index (χ2n) is 7.03. The molecule has 2 atom stereocenters. The highest BCUT2D eigenvalue weighted by Gasteiger charge is 2.36. The fraction of sp³-hybridized carbons (Fsp3) is 0.526. The monoisotopic (exact) mass is 379 g/mol. The van der Waals surface area contributed by atoms with Crippen LogP contribution in [0.1, 0.15) is 10.5 Å². The molecule has 1 saturated heterocycles. The second-order valence-corrected chi connectivity index (χ2v) is 7.41. The number of amides is 1. The summed E-state index contributed by atoms with van der Waals surface area (Å²) in [4.78, 5) is 20.1. The highest BCUT2D eigenvalue weighted by atomic mass is 35.5. The van der Waals surface area contributed by atoms with E-state index in [0.29, 0.717) is 30.4 Å². The summed E-state index contributed by atoms with van der Waals surface area (Å²) in [5, 5.41) is 11.1. The predicted molar refractivity (Wildman–Crippen MR) is 103 cm³/mol. The Morgan fingerprint density at radius 1 is 1.38 bits per heavy atom. The zero-order valence-electron chi connectivity index (χ0n) is 15.2. The van der Waals surface area contributed by atoms with Crippen LogP contribution in [0.2, 0.25) is 5.02 Å². The van der Waals surface area contributed by atoms with Gasteiger partial charge in [0.25, 0.3) is 5.91 Å². The number of ether oxygens (including phenoxy) is 1. The first-order valence-electron chi connectivity index (χ1n) is 8.89. The van der Waals surface area contributed by atoms with Crippen molar-refractivity contribution in [3.05, 3.63) is 35.0 Å². The number of likely N-dealkylation sites (tertiary alicyclic amines) is 1. The van der Waals surface area contributed by atoms with Crippen molar-refractivity contribution in [2.75, 3.05) is 53.6 Å². The van der Waals surface area contributed by atoms with Crippen LogP contribution in [0, 0.1) is 11.8 Å². The van der Waals surface area contributed by atoms with Gasteiger partial charge in [0, 0.05) is 56.7 Å². The Labute approximate surface area is 158 Å². The summed E-state index contributed by atoms with van der Waals surface area (Å²) >= 11 is 6.43. The molecule has 1 amide bonds. The molecule has 1 aliphatic rings. The van der Waals surface area contributed by atoms with Crippen molar-refractivity contribution in [2.45, 2.75) is 0 Å². The number of aliphatic hydroxyl groups is 1. The maximum atomic E-state index is 13.0. The average Bonchev–Trinajstić information content (AvgIpc) is 3.21. The highest BCUT2D eigenvalue weighted by molar-refractivity contribution is 6.38. The lowest BCUT2D eigenvalue weighted by atomic mass is 9.96. The number of aliphatic hydroxyl groups excluding tert-OH is 1. The third-order valence-electron chi connectivity index (χ3n) is 5.18.